The molecular formula is C9H17BrN2. The van der Waals surface area contributed by atoms with Gasteiger partial charge in [-0.1, -0.05) is 29.4 Å². The summed E-state index contributed by atoms with van der Waals surface area (Å²) in [4.78, 5) is 2.48. The monoisotopic (exact) mass is 232 g/mol. The van der Waals surface area contributed by atoms with Crippen molar-refractivity contribution in [3.05, 3.63) is 11.1 Å². The highest BCUT2D eigenvalue weighted by atomic mass is 79.9. The van der Waals surface area contributed by atoms with Gasteiger partial charge in [-0.2, -0.15) is 0 Å². The number of rotatable bonds is 5. The first-order valence-electron chi connectivity index (χ1n) is 4.52. The van der Waals surface area contributed by atoms with Crippen molar-refractivity contribution in [3.63, 3.8) is 0 Å². The van der Waals surface area contributed by atoms with Gasteiger partial charge in [0.05, 0.1) is 0 Å². The predicted molar refractivity (Wildman–Crippen MR) is 56.6 cm³/mol. The van der Waals surface area contributed by atoms with Crippen LogP contribution in [0.15, 0.2) is 11.1 Å². The van der Waals surface area contributed by atoms with Crippen molar-refractivity contribution in [1.82, 2.24) is 10.2 Å². The SMILES string of the molecule is C=C(Br)CN(CCC)C1CNC1. The van der Waals surface area contributed by atoms with E-state index in [0.717, 1.165) is 30.2 Å². The Hall–Kier alpha value is 0.140. The fraction of sp³-hybridized carbons (Fsp3) is 0.778. The molecule has 1 aliphatic heterocycles. The molecule has 0 atom stereocenters. The molecule has 0 saturated carbocycles. The molecule has 1 aliphatic rings. The largest absolute Gasteiger partial charge is 0.314 e. The summed E-state index contributed by atoms with van der Waals surface area (Å²) >= 11 is 3.41. The van der Waals surface area contributed by atoms with E-state index < -0.39 is 0 Å². The highest BCUT2D eigenvalue weighted by molar-refractivity contribution is 9.11. The van der Waals surface area contributed by atoms with E-state index in [-0.39, 0.29) is 0 Å². The van der Waals surface area contributed by atoms with Crippen LogP contribution in [0, 0.1) is 0 Å². The fourth-order valence-electron chi connectivity index (χ4n) is 1.43. The minimum absolute atomic E-state index is 0.735. The van der Waals surface area contributed by atoms with Crippen LogP contribution in [0.5, 0.6) is 0 Å². The molecule has 3 heteroatoms. The van der Waals surface area contributed by atoms with E-state index in [2.05, 4.69) is 39.6 Å². The second-order valence-corrected chi connectivity index (χ2v) is 4.42. The standard InChI is InChI=1S/C9H17BrN2/c1-3-4-12(7-8(2)10)9-5-11-6-9/h9,11H,2-7H2,1H3. The van der Waals surface area contributed by atoms with Crippen molar-refractivity contribution in [2.24, 2.45) is 0 Å². The Labute approximate surface area is 83.1 Å². The summed E-state index contributed by atoms with van der Waals surface area (Å²) in [7, 11) is 0. The van der Waals surface area contributed by atoms with E-state index in [1.165, 1.54) is 13.0 Å². The Morgan fingerprint density at radius 2 is 2.33 bits per heavy atom. The smallest absolute Gasteiger partial charge is 0.0349 e. The van der Waals surface area contributed by atoms with Gasteiger partial charge >= 0.3 is 0 Å². The summed E-state index contributed by atoms with van der Waals surface area (Å²) in [6.45, 7) is 10.5. The second kappa shape index (κ2) is 5.00. The van der Waals surface area contributed by atoms with Crippen LogP contribution < -0.4 is 5.32 Å². The third-order valence-corrected chi connectivity index (χ3v) is 2.41. The van der Waals surface area contributed by atoms with Gasteiger partial charge in [-0.05, 0) is 13.0 Å². The van der Waals surface area contributed by atoms with Gasteiger partial charge < -0.3 is 5.32 Å². The molecule has 1 fully saturated rings. The molecule has 1 rings (SSSR count). The molecule has 0 aliphatic carbocycles. The Bertz CT molecular complexity index is 155. The first kappa shape index (κ1) is 10.2. The van der Waals surface area contributed by atoms with E-state index in [4.69, 9.17) is 0 Å². The number of nitrogens with one attached hydrogen (secondary N) is 1. The quantitative estimate of drug-likeness (QED) is 0.775. The maximum Gasteiger partial charge on any atom is 0.0349 e. The van der Waals surface area contributed by atoms with Gasteiger partial charge in [0.2, 0.25) is 0 Å². The van der Waals surface area contributed by atoms with Gasteiger partial charge in [-0.25, -0.2) is 0 Å². The average Bonchev–Trinajstić information content (AvgIpc) is 1.81. The van der Waals surface area contributed by atoms with Gasteiger partial charge in [0.15, 0.2) is 0 Å². The molecule has 0 amide bonds. The summed E-state index contributed by atoms with van der Waals surface area (Å²) in [6.07, 6.45) is 1.22. The molecule has 2 nitrogen and oxygen atoms in total. The second-order valence-electron chi connectivity index (χ2n) is 3.30. The van der Waals surface area contributed by atoms with Crippen LogP contribution >= 0.6 is 15.9 Å². The van der Waals surface area contributed by atoms with Crippen molar-refractivity contribution in [3.8, 4) is 0 Å². The third-order valence-electron chi connectivity index (χ3n) is 2.16. The zero-order valence-corrected chi connectivity index (χ0v) is 9.23. The molecule has 0 aromatic rings. The van der Waals surface area contributed by atoms with Crippen molar-refractivity contribution in [1.29, 1.82) is 0 Å². The van der Waals surface area contributed by atoms with Gasteiger partial charge in [-0.3, -0.25) is 4.90 Å². The van der Waals surface area contributed by atoms with Crippen LogP contribution in [0.4, 0.5) is 0 Å². The molecule has 0 aromatic carbocycles. The normalized spacial score (nSPS) is 17.9. The number of nitrogens with zero attached hydrogens (tertiary/aromatic N) is 1. The zero-order valence-electron chi connectivity index (χ0n) is 7.65. The highest BCUT2D eigenvalue weighted by Gasteiger charge is 2.23. The van der Waals surface area contributed by atoms with Gasteiger partial charge in [-0.15, -0.1) is 0 Å². The van der Waals surface area contributed by atoms with Crippen LogP contribution in [0.3, 0.4) is 0 Å². The number of halogens is 1. The van der Waals surface area contributed by atoms with E-state index in [1.807, 2.05) is 0 Å². The molecule has 0 unspecified atom stereocenters. The minimum Gasteiger partial charge on any atom is -0.314 e. The molecule has 1 heterocycles. The lowest BCUT2D eigenvalue weighted by atomic mass is 10.1. The number of hydrogen-bond donors (Lipinski definition) is 1. The Morgan fingerprint density at radius 3 is 2.67 bits per heavy atom. The van der Waals surface area contributed by atoms with Crippen molar-refractivity contribution < 1.29 is 0 Å². The lowest BCUT2D eigenvalue weighted by Gasteiger charge is -2.38. The van der Waals surface area contributed by atoms with Crippen molar-refractivity contribution in [2.45, 2.75) is 19.4 Å². The van der Waals surface area contributed by atoms with Gasteiger partial charge in [0.25, 0.3) is 0 Å². The van der Waals surface area contributed by atoms with Crippen LogP contribution in [0.1, 0.15) is 13.3 Å². The molecular weight excluding hydrogens is 216 g/mol. The van der Waals surface area contributed by atoms with Crippen molar-refractivity contribution in [2.75, 3.05) is 26.2 Å². The predicted octanol–water partition coefficient (Wildman–Crippen LogP) is 1.58. The molecule has 12 heavy (non-hydrogen) atoms. The van der Waals surface area contributed by atoms with E-state index in [0.29, 0.717) is 0 Å². The van der Waals surface area contributed by atoms with Gasteiger partial charge in [0, 0.05) is 30.2 Å². The average molecular weight is 233 g/mol. The Balaban J connectivity index is 2.31. The van der Waals surface area contributed by atoms with Crippen LogP contribution in [-0.4, -0.2) is 37.1 Å². The summed E-state index contributed by atoms with van der Waals surface area (Å²) in [5.41, 5.74) is 0. The summed E-state index contributed by atoms with van der Waals surface area (Å²) < 4.78 is 1.09. The molecule has 0 spiro atoms. The molecule has 0 bridgehead atoms. The Kier molecular flexibility index (Phi) is 4.26. The molecule has 0 aromatic heterocycles. The minimum atomic E-state index is 0.735. The summed E-state index contributed by atoms with van der Waals surface area (Å²) in [5.74, 6) is 0. The fourth-order valence-corrected chi connectivity index (χ4v) is 1.75. The van der Waals surface area contributed by atoms with E-state index >= 15 is 0 Å². The summed E-state index contributed by atoms with van der Waals surface area (Å²) in [5, 5.41) is 3.29. The lowest BCUT2D eigenvalue weighted by molar-refractivity contribution is 0.161. The van der Waals surface area contributed by atoms with E-state index in [9.17, 15) is 0 Å². The van der Waals surface area contributed by atoms with Gasteiger partial charge in [0.1, 0.15) is 0 Å². The highest BCUT2D eigenvalue weighted by Crippen LogP contribution is 2.11. The van der Waals surface area contributed by atoms with Crippen LogP contribution in [0.2, 0.25) is 0 Å². The molecule has 1 N–H and O–H groups in total. The summed E-state index contributed by atoms with van der Waals surface area (Å²) in [6, 6.07) is 0.735. The Morgan fingerprint density at radius 1 is 1.67 bits per heavy atom. The maximum atomic E-state index is 3.87. The topological polar surface area (TPSA) is 15.3 Å². The zero-order chi connectivity index (χ0) is 8.97. The first-order valence-corrected chi connectivity index (χ1v) is 5.31. The third kappa shape index (κ3) is 2.88. The van der Waals surface area contributed by atoms with E-state index in [1.54, 1.807) is 0 Å². The molecule has 1 saturated heterocycles. The maximum absolute atomic E-state index is 3.87. The lowest BCUT2D eigenvalue weighted by Crippen LogP contribution is -2.57. The van der Waals surface area contributed by atoms with Crippen LogP contribution in [0.25, 0.3) is 0 Å². The van der Waals surface area contributed by atoms with Crippen LogP contribution in [-0.2, 0) is 0 Å². The molecule has 0 radical (unpaired) electrons. The number of hydrogen-bond acceptors (Lipinski definition) is 2. The molecule has 70 valence electrons. The van der Waals surface area contributed by atoms with Crippen molar-refractivity contribution >= 4 is 15.9 Å². The first-order chi connectivity index (χ1) is 5.74.